The summed E-state index contributed by atoms with van der Waals surface area (Å²) in [5, 5.41) is 100. The van der Waals surface area contributed by atoms with E-state index in [0.717, 1.165) is 11.1 Å². The molecule has 0 radical (unpaired) electrons. The van der Waals surface area contributed by atoms with Crippen LogP contribution in [0.15, 0.2) is 54.6 Å². The second-order valence-electron chi connectivity index (χ2n) is 4.75. The number of hydrogen-bond acceptors (Lipinski definition) is 28. The van der Waals surface area contributed by atoms with Crippen molar-refractivity contribution in [3.8, 4) is 16.9 Å². The van der Waals surface area contributed by atoms with Gasteiger partial charge in [-0.15, -0.1) is 0 Å². The molecule has 0 heterocycles. The largest absolute Gasteiger partial charge is 0.306 e. The SMILES string of the molecule is OOOOOOOOOOOOOOOOOOOOOOOOOOOOc1ccc(-c2ccccc2)cc1. The van der Waals surface area contributed by atoms with Gasteiger partial charge in [-0.05, 0) is 63.6 Å². The Bertz CT molecular complexity index is 794. The van der Waals surface area contributed by atoms with E-state index in [1.807, 2.05) is 30.3 Å². The Balaban J connectivity index is 1.23. The van der Waals surface area contributed by atoms with E-state index in [-0.39, 0.29) is 5.75 Å². The van der Waals surface area contributed by atoms with Gasteiger partial charge in [0.1, 0.15) is 0 Å². The first-order chi connectivity index (χ1) is 19.9. The van der Waals surface area contributed by atoms with E-state index in [0.29, 0.717) is 0 Å². The van der Waals surface area contributed by atoms with Gasteiger partial charge in [-0.2, -0.15) is 0 Å². The molecule has 28 heteroatoms. The maximum atomic E-state index is 7.57. The normalized spacial score (nSPS) is 11.2. The van der Waals surface area contributed by atoms with Gasteiger partial charge in [-0.3, -0.25) is 0 Å². The van der Waals surface area contributed by atoms with Gasteiger partial charge in [0.25, 0.3) is 0 Å². The first kappa shape index (κ1) is 33.4. The molecule has 2 aromatic carbocycles. The predicted octanol–water partition coefficient (Wildman–Crippen LogP) is 1.43. The molecule has 0 saturated carbocycles. The van der Waals surface area contributed by atoms with E-state index < -0.39 is 0 Å². The summed E-state index contributed by atoms with van der Waals surface area (Å²) in [6.07, 6.45) is 0. The van der Waals surface area contributed by atoms with Crippen molar-refractivity contribution in [1.82, 2.24) is 0 Å². The first-order valence-electron chi connectivity index (χ1n) is 8.70. The lowest BCUT2D eigenvalue weighted by atomic mass is 10.1. The molecular formula is C12H10O28. The molecule has 0 aliphatic rings. The summed E-state index contributed by atoms with van der Waals surface area (Å²) in [7, 11) is 0. The molecule has 0 spiro atoms. The number of benzene rings is 2. The highest BCUT2D eigenvalue weighted by molar-refractivity contribution is 5.63. The molecule has 0 saturated heterocycles. The van der Waals surface area contributed by atoms with Crippen LogP contribution >= 0.6 is 0 Å². The van der Waals surface area contributed by atoms with Crippen LogP contribution in [-0.4, -0.2) is 5.26 Å². The lowest BCUT2D eigenvalue weighted by molar-refractivity contribution is -0.903. The molecule has 1 N–H and O–H groups in total. The molecule has 0 amide bonds. The predicted molar refractivity (Wildman–Crippen MR) is 83.3 cm³/mol. The highest BCUT2D eigenvalue weighted by atomic mass is 18.0. The van der Waals surface area contributed by atoms with Crippen LogP contribution in [-0.2, 0) is 131 Å². The van der Waals surface area contributed by atoms with Crippen LogP contribution in [0, 0.1) is 0 Å². The van der Waals surface area contributed by atoms with Crippen LogP contribution < -0.4 is 4.89 Å². The van der Waals surface area contributed by atoms with Crippen molar-refractivity contribution >= 4 is 0 Å². The van der Waals surface area contributed by atoms with Gasteiger partial charge in [0.15, 0.2) is 5.75 Å². The van der Waals surface area contributed by atoms with E-state index in [9.17, 15) is 0 Å². The van der Waals surface area contributed by atoms with Gasteiger partial charge < -0.3 is 4.89 Å². The maximum absolute atomic E-state index is 7.57. The van der Waals surface area contributed by atoms with E-state index in [4.69, 9.17) is 10.1 Å². The topological polar surface area (TPSA) is 269 Å². The molecule has 0 aliphatic carbocycles. The quantitative estimate of drug-likeness (QED) is 0.0819. The van der Waals surface area contributed by atoms with Gasteiger partial charge >= 0.3 is 0 Å². The third kappa shape index (κ3) is 18.4. The van der Waals surface area contributed by atoms with Crippen molar-refractivity contribution in [1.29, 1.82) is 0 Å². The molecule has 0 atom stereocenters. The minimum atomic E-state index is 0.265. The molecule has 0 bridgehead atoms. The lowest BCUT2D eigenvalue weighted by Gasteiger charge is -2.04. The molecule has 40 heavy (non-hydrogen) atoms. The van der Waals surface area contributed by atoms with Crippen molar-refractivity contribution in [2.75, 3.05) is 0 Å². The highest BCUT2D eigenvalue weighted by Gasteiger charge is 2.03. The van der Waals surface area contributed by atoms with E-state index >= 15 is 0 Å². The van der Waals surface area contributed by atoms with Crippen molar-refractivity contribution in [2.24, 2.45) is 0 Å². The summed E-state index contributed by atoms with van der Waals surface area (Å²) in [4.78, 5) is 4.73. The van der Waals surface area contributed by atoms with Crippen LogP contribution in [0.2, 0.25) is 0 Å². The molecule has 2 aromatic rings. The fraction of sp³-hybridized carbons (Fsp3) is 0. The summed E-state index contributed by atoms with van der Waals surface area (Å²) < 4.78 is 0. The standard InChI is InChI=1S/C12H10O28/c13-15-17-19-21-23-25-27-29-31-33-35-37-39-40-38-36-34-32-30-28-26-24-22-20-18-16-14-12-8-6-11(7-9-12)10-4-2-1-3-5-10/h1-9,13H. The van der Waals surface area contributed by atoms with Crippen LogP contribution in [0.1, 0.15) is 0 Å². The molecular weight excluding hydrogens is 592 g/mol. The highest BCUT2D eigenvalue weighted by Crippen LogP contribution is 2.22. The van der Waals surface area contributed by atoms with Gasteiger partial charge in [0, 0.05) is 90.7 Å². The third-order valence-electron chi connectivity index (χ3n) is 2.79. The second-order valence-corrected chi connectivity index (χ2v) is 4.75. The molecule has 226 valence electrons. The van der Waals surface area contributed by atoms with Crippen LogP contribution in [0.4, 0.5) is 0 Å². The zero-order chi connectivity index (χ0) is 28.2. The fourth-order valence-electron chi connectivity index (χ4n) is 1.66. The molecule has 0 unspecified atom stereocenters. The maximum Gasteiger partial charge on any atom is 0.168 e. The minimum absolute atomic E-state index is 0.265. The van der Waals surface area contributed by atoms with E-state index in [1.54, 1.807) is 24.3 Å². The Morgan fingerprint density at radius 3 is 0.950 bits per heavy atom. The second kappa shape index (κ2) is 25.1. The van der Waals surface area contributed by atoms with Crippen molar-refractivity contribution in [3.63, 3.8) is 0 Å². The van der Waals surface area contributed by atoms with Crippen molar-refractivity contribution < 1.29 is 141 Å². The van der Waals surface area contributed by atoms with Crippen LogP contribution in [0.25, 0.3) is 11.1 Å². The summed E-state index contributed by atoms with van der Waals surface area (Å²) >= 11 is 0. The third-order valence-corrected chi connectivity index (χ3v) is 2.79. The van der Waals surface area contributed by atoms with Crippen LogP contribution in [0.5, 0.6) is 5.75 Å². The summed E-state index contributed by atoms with van der Waals surface area (Å²) in [5.74, 6) is 0.265. The Kier molecular flexibility index (Phi) is 21.0. The average Bonchev–Trinajstić information content (AvgIpc) is 2.99. The van der Waals surface area contributed by atoms with Crippen LogP contribution in [0.3, 0.4) is 0 Å². The fourth-order valence-corrected chi connectivity index (χ4v) is 1.66. The monoisotopic (exact) mass is 602 g/mol. The lowest BCUT2D eigenvalue weighted by Crippen LogP contribution is -2.06. The molecule has 0 fully saturated rings. The zero-order valence-corrected chi connectivity index (χ0v) is 18.2. The van der Waals surface area contributed by atoms with Gasteiger partial charge in [-0.25, -0.2) is 5.26 Å². The number of hydrogen-bond donors (Lipinski definition) is 1. The van der Waals surface area contributed by atoms with Gasteiger partial charge in [0.05, 0.1) is 0 Å². The molecule has 0 aromatic heterocycles. The molecule has 28 nitrogen and oxygen atoms in total. The van der Waals surface area contributed by atoms with E-state index in [2.05, 4.69) is 131 Å². The minimum Gasteiger partial charge on any atom is -0.306 e. The smallest absolute Gasteiger partial charge is 0.168 e. The Hall–Kier alpha value is -2.84. The van der Waals surface area contributed by atoms with Gasteiger partial charge in [-0.1, -0.05) is 42.5 Å². The zero-order valence-electron chi connectivity index (χ0n) is 18.2. The van der Waals surface area contributed by atoms with E-state index in [1.165, 1.54) is 0 Å². The summed E-state index contributed by atoms with van der Waals surface area (Å²) in [6, 6.07) is 16.3. The average molecular weight is 602 g/mol. The van der Waals surface area contributed by atoms with Crippen molar-refractivity contribution in [3.05, 3.63) is 54.6 Å². The first-order valence-corrected chi connectivity index (χ1v) is 8.70. The Morgan fingerprint density at radius 1 is 0.300 bits per heavy atom. The summed E-state index contributed by atoms with van der Waals surface area (Å²) in [6.45, 7) is 0. The summed E-state index contributed by atoms with van der Waals surface area (Å²) in [5.41, 5.74) is 1.95. The number of rotatable bonds is 28. The molecule has 2 rings (SSSR count). The molecule has 0 aliphatic heterocycles. The Morgan fingerprint density at radius 2 is 0.600 bits per heavy atom. The van der Waals surface area contributed by atoms with Crippen molar-refractivity contribution in [2.45, 2.75) is 0 Å². The Labute approximate surface area is 213 Å². The van der Waals surface area contributed by atoms with Gasteiger partial charge in [0.2, 0.25) is 0 Å².